The highest BCUT2D eigenvalue weighted by atomic mass is 15.2. The van der Waals surface area contributed by atoms with Crippen LogP contribution >= 0.6 is 0 Å². The van der Waals surface area contributed by atoms with Crippen molar-refractivity contribution in [3.8, 4) is 0 Å². The molecule has 0 aliphatic heterocycles. The summed E-state index contributed by atoms with van der Waals surface area (Å²) >= 11 is 0. The van der Waals surface area contributed by atoms with E-state index in [0.717, 1.165) is 43.4 Å². The molecule has 0 bridgehead atoms. The molecular formula is C15H26N4. The van der Waals surface area contributed by atoms with Gasteiger partial charge in [0.2, 0.25) is 0 Å². The molecule has 1 aromatic heterocycles. The Morgan fingerprint density at radius 1 is 1.21 bits per heavy atom. The maximum absolute atomic E-state index is 4.81. The zero-order valence-corrected chi connectivity index (χ0v) is 12.7. The van der Waals surface area contributed by atoms with Crippen LogP contribution in [0.1, 0.15) is 51.4 Å². The van der Waals surface area contributed by atoms with Gasteiger partial charge >= 0.3 is 0 Å². The molecule has 0 atom stereocenters. The molecule has 1 heterocycles. The van der Waals surface area contributed by atoms with Crippen LogP contribution in [0, 0.1) is 6.92 Å². The van der Waals surface area contributed by atoms with Gasteiger partial charge in [-0.2, -0.15) is 0 Å². The fourth-order valence-electron chi connectivity index (χ4n) is 2.47. The molecular weight excluding hydrogens is 236 g/mol. The summed E-state index contributed by atoms with van der Waals surface area (Å²) in [5.74, 6) is 3.12. The number of nitrogens with one attached hydrogen (secondary N) is 1. The molecule has 0 aromatic carbocycles. The van der Waals surface area contributed by atoms with Crippen LogP contribution in [0.4, 0.5) is 11.6 Å². The van der Waals surface area contributed by atoms with E-state index in [-0.39, 0.29) is 0 Å². The number of aryl methyl sites for hydroxylation is 1. The number of aromatic nitrogens is 2. The Labute approximate surface area is 116 Å². The summed E-state index contributed by atoms with van der Waals surface area (Å²) in [6.45, 7) is 10.6. The molecule has 1 aromatic rings. The van der Waals surface area contributed by atoms with Crippen molar-refractivity contribution in [3.63, 3.8) is 0 Å². The van der Waals surface area contributed by atoms with Crippen LogP contribution in [0.25, 0.3) is 0 Å². The molecule has 19 heavy (non-hydrogen) atoms. The van der Waals surface area contributed by atoms with E-state index in [0.29, 0.717) is 6.04 Å². The minimum Gasteiger partial charge on any atom is -0.370 e. The third kappa shape index (κ3) is 3.17. The first-order valence-electron chi connectivity index (χ1n) is 7.59. The highest BCUT2D eigenvalue weighted by Crippen LogP contribution is 2.33. The second kappa shape index (κ2) is 6.22. The van der Waals surface area contributed by atoms with Crippen molar-refractivity contribution in [1.29, 1.82) is 0 Å². The van der Waals surface area contributed by atoms with E-state index in [1.165, 1.54) is 18.4 Å². The van der Waals surface area contributed by atoms with Crippen molar-refractivity contribution in [3.05, 3.63) is 11.4 Å². The van der Waals surface area contributed by atoms with Gasteiger partial charge in [0.15, 0.2) is 0 Å². The van der Waals surface area contributed by atoms with E-state index in [4.69, 9.17) is 4.98 Å². The molecule has 0 amide bonds. The van der Waals surface area contributed by atoms with E-state index >= 15 is 0 Å². The second-order valence-electron chi connectivity index (χ2n) is 5.23. The van der Waals surface area contributed by atoms with Crippen molar-refractivity contribution in [2.24, 2.45) is 0 Å². The first-order chi connectivity index (χ1) is 9.21. The Morgan fingerprint density at radius 2 is 1.95 bits per heavy atom. The minimum atomic E-state index is 0.697. The maximum Gasteiger partial charge on any atom is 0.137 e. The molecule has 1 aliphatic carbocycles. The van der Waals surface area contributed by atoms with Crippen LogP contribution in [0.15, 0.2) is 0 Å². The third-order valence-corrected chi connectivity index (χ3v) is 3.58. The number of hydrogen-bond donors (Lipinski definition) is 1. The van der Waals surface area contributed by atoms with E-state index in [9.17, 15) is 0 Å². The zero-order chi connectivity index (χ0) is 13.8. The third-order valence-electron chi connectivity index (χ3n) is 3.58. The number of hydrogen-bond acceptors (Lipinski definition) is 4. The molecule has 4 heteroatoms. The molecule has 1 N–H and O–H groups in total. The summed E-state index contributed by atoms with van der Waals surface area (Å²) in [6, 6.07) is 0.697. The predicted molar refractivity (Wildman–Crippen MR) is 81.0 cm³/mol. The average molecular weight is 262 g/mol. The average Bonchev–Trinajstić information content (AvgIpc) is 3.20. The Hall–Kier alpha value is -1.32. The normalized spacial score (nSPS) is 14.5. The van der Waals surface area contributed by atoms with E-state index < -0.39 is 0 Å². The topological polar surface area (TPSA) is 41.1 Å². The van der Waals surface area contributed by atoms with E-state index in [1.807, 2.05) is 0 Å². The largest absolute Gasteiger partial charge is 0.370 e. The number of nitrogens with zero attached hydrogens (tertiary/aromatic N) is 3. The molecule has 0 radical (unpaired) electrons. The summed E-state index contributed by atoms with van der Waals surface area (Å²) in [5, 5.41) is 3.38. The van der Waals surface area contributed by atoms with Crippen LogP contribution in [0.2, 0.25) is 0 Å². The van der Waals surface area contributed by atoms with Gasteiger partial charge in [-0.05, 0) is 40.0 Å². The Bertz CT molecular complexity index is 426. The summed E-state index contributed by atoms with van der Waals surface area (Å²) in [6.07, 6.45) is 4.64. The molecule has 4 nitrogen and oxygen atoms in total. The molecule has 1 saturated carbocycles. The smallest absolute Gasteiger partial charge is 0.137 e. The van der Waals surface area contributed by atoms with Gasteiger partial charge < -0.3 is 10.2 Å². The molecule has 0 unspecified atom stereocenters. The van der Waals surface area contributed by atoms with E-state index in [1.54, 1.807) is 0 Å². The van der Waals surface area contributed by atoms with E-state index in [2.05, 4.69) is 42.9 Å². The monoisotopic (exact) mass is 262 g/mol. The second-order valence-corrected chi connectivity index (χ2v) is 5.23. The summed E-state index contributed by atoms with van der Waals surface area (Å²) in [5.41, 5.74) is 1.19. The molecule has 106 valence electrons. The van der Waals surface area contributed by atoms with Crippen LogP contribution in [-0.2, 0) is 6.42 Å². The highest BCUT2D eigenvalue weighted by molar-refractivity contribution is 5.59. The Morgan fingerprint density at radius 3 is 2.47 bits per heavy atom. The lowest BCUT2D eigenvalue weighted by Crippen LogP contribution is -2.28. The summed E-state index contributed by atoms with van der Waals surface area (Å²) < 4.78 is 0. The highest BCUT2D eigenvalue weighted by Gasteiger charge is 2.30. The van der Waals surface area contributed by atoms with Crippen LogP contribution in [0.5, 0.6) is 0 Å². The number of anilines is 2. The van der Waals surface area contributed by atoms with Crippen LogP contribution < -0.4 is 10.2 Å². The lowest BCUT2D eigenvalue weighted by atomic mass is 10.2. The van der Waals surface area contributed by atoms with Crippen molar-refractivity contribution in [2.45, 2.75) is 59.4 Å². The first kappa shape index (κ1) is 14.1. The summed E-state index contributed by atoms with van der Waals surface area (Å²) in [4.78, 5) is 11.9. The van der Waals surface area contributed by atoms with Crippen molar-refractivity contribution < 1.29 is 0 Å². The van der Waals surface area contributed by atoms with Gasteiger partial charge in [-0.1, -0.05) is 6.92 Å². The lowest BCUT2D eigenvalue weighted by molar-refractivity contribution is 0.771. The standard InChI is InChI=1S/C15H26N4/c1-5-8-13-17-14(16-6-2)11(4)15(18-13)19(7-3)12-9-10-12/h12H,5-10H2,1-4H3,(H,16,17,18). The molecule has 0 saturated heterocycles. The van der Waals surface area contributed by atoms with Gasteiger partial charge in [0, 0.05) is 31.1 Å². The van der Waals surface area contributed by atoms with Gasteiger partial charge in [-0.3, -0.25) is 0 Å². The van der Waals surface area contributed by atoms with Crippen molar-refractivity contribution in [1.82, 2.24) is 9.97 Å². The fraction of sp³-hybridized carbons (Fsp3) is 0.733. The van der Waals surface area contributed by atoms with Crippen molar-refractivity contribution in [2.75, 3.05) is 23.3 Å². The molecule has 2 rings (SSSR count). The zero-order valence-electron chi connectivity index (χ0n) is 12.7. The van der Waals surface area contributed by atoms with Crippen molar-refractivity contribution >= 4 is 11.6 Å². The molecule has 1 aliphatic rings. The predicted octanol–water partition coefficient (Wildman–Crippen LogP) is 3.16. The first-order valence-corrected chi connectivity index (χ1v) is 7.59. The van der Waals surface area contributed by atoms with Gasteiger partial charge in [-0.15, -0.1) is 0 Å². The van der Waals surface area contributed by atoms with Gasteiger partial charge in [0.1, 0.15) is 17.5 Å². The number of rotatable bonds is 7. The van der Waals surface area contributed by atoms with Crippen LogP contribution in [-0.4, -0.2) is 29.1 Å². The fourth-order valence-corrected chi connectivity index (χ4v) is 2.47. The van der Waals surface area contributed by atoms with Gasteiger partial charge in [0.05, 0.1) is 0 Å². The Balaban J connectivity index is 2.38. The molecule has 0 spiro atoms. The quantitative estimate of drug-likeness (QED) is 0.819. The summed E-state index contributed by atoms with van der Waals surface area (Å²) in [7, 11) is 0. The SMILES string of the molecule is CCCc1nc(NCC)c(C)c(N(CC)C2CC2)n1. The molecule has 1 fully saturated rings. The minimum absolute atomic E-state index is 0.697. The van der Waals surface area contributed by atoms with Gasteiger partial charge in [-0.25, -0.2) is 9.97 Å². The maximum atomic E-state index is 4.81. The Kier molecular flexibility index (Phi) is 4.61. The lowest BCUT2D eigenvalue weighted by Gasteiger charge is -2.25. The van der Waals surface area contributed by atoms with Gasteiger partial charge in [0.25, 0.3) is 0 Å². The van der Waals surface area contributed by atoms with Crippen LogP contribution in [0.3, 0.4) is 0 Å².